The Kier molecular flexibility index (Phi) is 4.02. The van der Waals surface area contributed by atoms with Gasteiger partial charge in [0.1, 0.15) is 11.5 Å². The molecule has 0 spiro atoms. The van der Waals surface area contributed by atoms with E-state index in [-0.39, 0.29) is 6.10 Å². The van der Waals surface area contributed by atoms with Crippen molar-refractivity contribution >= 4 is 6.29 Å². The Hall–Kier alpha value is -1.51. The van der Waals surface area contributed by atoms with E-state index in [9.17, 15) is 4.79 Å². The molecule has 0 atom stereocenters. The maximum atomic E-state index is 11.0. The molecule has 3 nitrogen and oxygen atoms in total. The first-order valence-electron chi connectivity index (χ1n) is 6.13. The first-order chi connectivity index (χ1) is 8.33. The minimum absolute atomic E-state index is 0.260. The predicted molar refractivity (Wildman–Crippen MR) is 65.9 cm³/mol. The molecule has 0 unspecified atom stereocenters. The van der Waals surface area contributed by atoms with Gasteiger partial charge in [0.2, 0.25) is 0 Å². The quantitative estimate of drug-likeness (QED) is 0.750. The Morgan fingerprint density at radius 3 is 2.65 bits per heavy atom. The van der Waals surface area contributed by atoms with Crippen LogP contribution in [0.4, 0.5) is 0 Å². The van der Waals surface area contributed by atoms with Crippen LogP contribution in [0.1, 0.15) is 42.5 Å². The minimum atomic E-state index is 0.260. The monoisotopic (exact) mass is 234 g/mol. The van der Waals surface area contributed by atoms with Gasteiger partial charge < -0.3 is 9.47 Å². The summed E-state index contributed by atoms with van der Waals surface area (Å²) in [5.74, 6) is 1.36. The summed E-state index contributed by atoms with van der Waals surface area (Å²) >= 11 is 0. The van der Waals surface area contributed by atoms with Crippen molar-refractivity contribution < 1.29 is 14.3 Å². The van der Waals surface area contributed by atoms with Crippen molar-refractivity contribution in [1.29, 1.82) is 0 Å². The second-order valence-corrected chi connectivity index (χ2v) is 4.40. The van der Waals surface area contributed by atoms with E-state index >= 15 is 0 Å². The van der Waals surface area contributed by atoms with Crippen LogP contribution in [-0.4, -0.2) is 19.5 Å². The molecule has 1 aliphatic rings. The van der Waals surface area contributed by atoms with E-state index in [1.807, 2.05) is 12.1 Å². The van der Waals surface area contributed by atoms with E-state index in [0.717, 1.165) is 19.1 Å². The van der Waals surface area contributed by atoms with Crippen LogP contribution in [0.3, 0.4) is 0 Å². The third-order valence-electron chi connectivity index (χ3n) is 3.19. The molecule has 1 aliphatic carbocycles. The molecule has 0 bridgehead atoms. The highest BCUT2D eigenvalue weighted by Crippen LogP contribution is 2.27. The zero-order valence-corrected chi connectivity index (χ0v) is 10.1. The maximum absolute atomic E-state index is 11.0. The van der Waals surface area contributed by atoms with Gasteiger partial charge in [0.15, 0.2) is 6.29 Å². The number of rotatable bonds is 4. The summed E-state index contributed by atoms with van der Waals surface area (Å²) in [5.41, 5.74) is 0.565. The first-order valence-corrected chi connectivity index (χ1v) is 6.13. The third-order valence-corrected chi connectivity index (χ3v) is 3.19. The fourth-order valence-electron chi connectivity index (χ4n) is 2.22. The minimum Gasteiger partial charge on any atom is -0.497 e. The van der Waals surface area contributed by atoms with Crippen molar-refractivity contribution in [2.45, 2.75) is 38.2 Å². The Labute approximate surface area is 102 Å². The lowest BCUT2D eigenvalue weighted by Crippen LogP contribution is -2.20. The normalized spacial score (nSPS) is 16.5. The highest BCUT2D eigenvalue weighted by molar-refractivity contribution is 5.80. The van der Waals surface area contributed by atoms with Crippen molar-refractivity contribution in [3.8, 4) is 11.5 Å². The molecule has 1 fully saturated rings. The Morgan fingerprint density at radius 1 is 1.24 bits per heavy atom. The molecule has 0 aliphatic heterocycles. The standard InChI is InChI=1S/C14H18O3/c1-16-13-7-8-14(11(9-13)10-15)17-12-5-3-2-4-6-12/h7-10,12H,2-6H2,1H3. The van der Waals surface area contributed by atoms with Crippen molar-refractivity contribution in [2.24, 2.45) is 0 Å². The Morgan fingerprint density at radius 2 is 2.00 bits per heavy atom. The predicted octanol–water partition coefficient (Wildman–Crippen LogP) is 3.22. The van der Waals surface area contributed by atoms with Crippen LogP contribution in [0.25, 0.3) is 0 Å². The highest BCUT2D eigenvalue weighted by atomic mass is 16.5. The SMILES string of the molecule is COc1ccc(OC2CCCCC2)c(C=O)c1. The number of hydrogen-bond donors (Lipinski definition) is 0. The van der Waals surface area contributed by atoms with Crippen LogP contribution in [0.15, 0.2) is 18.2 Å². The van der Waals surface area contributed by atoms with E-state index in [0.29, 0.717) is 17.1 Å². The average Bonchev–Trinajstić information content (AvgIpc) is 2.40. The van der Waals surface area contributed by atoms with Crippen LogP contribution in [-0.2, 0) is 0 Å². The molecular weight excluding hydrogens is 216 g/mol. The molecule has 1 saturated carbocycles. The molecule has 0 amide bonds. The summed E-state index contributed by atoms with van der Waals surface area (Å²) in [6.45, 7) is 0. The molecule has 17 heavy (non-hydrogen) atoms. The number of aldehydes is 1. The van der Waals surface area contributed by atoms with Crippen molar-refractivity contribution in [1.82, 2.24) is 0 Å². The number of hydrogen-bond acceptors (Lipinski definition) is 3. The van der Waals surface area contributed by atoms with E-state index in [4.69, 9.17) is 9.47 Å². The summed E-state index contributed by atoms with van der Waals surface area (Å²) in [5, 5.41) is 0. The van der Waals surface area contributed by atoms with Gasteiger partial charge in [-0.2, -0.15) is 0 Å². The van der Waals surface area contributed by atoms with Gasteiger partial charge in [-0.3, -0.25) is 4.79 Å². The molecule has 0 radical (unpaired) electrons. The van der Waals surface area contributed by atoms with Crippen molar-refractivity contribution in [2.75, 3.05) is 7.11 Å². The molecule has 0 heterocycles. The van der Waals surface area contributed by atoms with Gasteiger partial charge in [0.05, 0.1) is 18.8 Å². The van der Waals surface area contributed by atoms with E-state index in [1.54, 1.807) is 13.2 Å². The second kappa shape index (κ2) is 5.71. The van der Waals surface area contributed by atoms with Gasteiger partial charge in [-0.1, -0.05) is 6.42 Å². The van der Waals surface area contributed by atoms with Gasteiger partial charge in [-0.05, 0) is 43.9 Å². The average molecular weight is 234 g/mol. The zero-order valence-electron chi connectivity index (χ0n) is 10.1. The van der Waals surface area contributed by atoms with Crippen LogP contribution >= 0.6 is 0 Å². The molecule has 2 rings (SSSR count). The van der Waals surface area contributed by atoms with E-state index in [2.05, 4.69) is 0 Å². The number of ether oxygens (including phenoxy) is 2. The zero-order chi connectivity index (χ0) is 12.1. The fourth-order valence-corrected chi connectivity index (χ4v) is 2.22. The van der Waals surface area contributed by atoms with Crippen molar-refractivity contribution in [3.05, 3.63) is 23.8 Å². The molecule has 0 N–H and O–H groups in total. The highest BCUT2D eigenvalue weighted by Gasteiger charge is 2.16. The molecule has 1 aromatic rings. The number of carbonyl (C=O) groups excluding carboxylic acids is 1. The van der Waals surface area contributed by atoms with Crippen LogP contribution in [0, 0.1) is 0 Å². The summed E-state index contributed by atoms with van der Waals surface area (Å²) in [6.07, 6.45) is 6.99. The topological polar surface area (TPSA) is 35.5 Å². The largest absolute Gasteiger partial charge is 0.497 e. The van der Waals surface area contributed by atoms with Gasteiger partial charge in [0, 0.05) is 0 Å². The molecule has 0 saturated heterocycles. The summed E-state index contributed by atoms with van der Waals surface area (Å²) < 4.78 is 11.0. The lowest BCUT2D eigenvalue weighted by Gasteiger charge is -2.23. The molecule has 1 aromatic carbocycles. The third kappa shape index (κ3) is 2.99. The molecule has 0 aromatic heterocycles. The summed E-state index contributed by atoms with van der Waals surface area (Å²) in [4.78, 5) is 11.0. The van der Waals surface area contributed by atoms with E-state index < -0.39 is 0 Å². The lowest BCUT2D eigenvalue weighted by molar-refractivity contribution is 0.110. The summed E-state index contributed by atoms with van der Waals surface area (Å²) in [6, 6.07) is 5.35. The van der Waals surface area contributed by atoms with Gasteiger partial charge in [-0.25, -0.2) is 0 Å². The first kappa shape index (κ1) is 12.0. The molecular formula is C14H18O3. The molecule has 3 heteroatoms. The van der Waals surface area contributed by atoms with Crippen LogP contribution in [0.2, 0.25) is 0 Å². The van der Waals surface area contributed by atoms with Crippen molar-refractivity contribution in [3.63, 3.8) is 0 Å². The van der Waals surface area contributed by atoms with Gasteiger partial charge in [0.25, 0.3) is 0 Å². The number of carbonyl (C=O) groups is 1. The maximum Gasteiger partial charge on any atom is 0.153 e. The lowest BCUT2D eigenvalue weighted by atomic mass is 9.98. The van der Waals surface area contributed by atoms with Gasteiger partial charge in [-0.15, -0.1) is 0 Å². The summed E-state index contributed by atoms with van der Waals surface area (Å²) in [7, 11) is 1.59. The number of methoxy groups -OCH3 is 1. The number of benzene rings is 1. The Bertz CT molecular complexity index is 381. The second-order valence-electron chi connectivity index (χ2n) is 4.40. The van der Waals surface area contributed by atoms with Crippen LogP contribution in [0.5, 0.6) is 11.5 Å². The fraction of sp³-hybridized carbons (Fsp3) is 0.500. The Balaban J connectivity index is 2.11. The van der Waals surface area contributed by atoms with E-state index in [1.165, 1.54) is 19.3 Å². The van der Waals surface area contributed by atoms with Crippen LogP contribution < -0.4 is 9.47 Å². The van der Waals surface area contributed by atoms with Gasteiger partial charge >= 0.3 is 0 Å². The smallest absolute Gasteiger partial charge is 0.153 e. The molecule has 92 valence electrons.